The normalized spacial score (nSPS) is 18.8. The summed E-state index contributed by atoms with van der Waals surface area (Å²) in [7, 11) is 0. The lowest BCUT2D eigenvalue weighted by atomic mass is 9.89. The molecule has 0 saturated heterocycles. The summed E-state index contributed by atoms with van der Waals surface area (Å²) in [5, 5.41) is 3.17. The highest BCUT2D eigenvalue weighted by atomic mass is 16.5. The standard InChI is InChI=1S/C24H31NO3/c1-15(2)18-9-7-8-10-21(18)27-17(4)23(26)25-20-14-24(5,6)28-22-13-16(3)11-12-19(20)22/h7-13,15,17,20H,14H2,1-6H3,(H,25,26)/t17-,20+/m1/s1. The number of fused-ring (bicyclic) bond motifs is 1. The highest BCUT2D eigenvalue weighted by Crippen LogP contribution is 2.40. The Morgan fingerprint density at radius 2 is 1.89 bits per heavy atom. The lowest BCUT2D eigenvalue weighted by molar-refractivity contribution is -0.128. The molecular weight excluding hydrogens is 350 g/mol. The van der Waals surface area contributed by atoms with Gasteiger partial charge in [-0.15, -0.1) is 0 Å². The number of aryl methyl sites for hydroxylation is 1. The minimum Gasteiger partial charge on any atom is -0.487 e. The van der Waals surface area contributed by atoms with Crippen molar-refractivity contribution in [3.05, 3.63) is 59.2 Å². The molecule has 2 aromatic carbocycles. The first-order chi connectivity index (χ1) is 13.2. The Labute approximate surface area is 168 Å². The molecule has 4 nitrogen and oxygen atoms in total. The van der Waals surface area contributed by atoms with Crippen LogP contribution in [0.3, 0.4) is 0 Å². The quantitative estimate of drug-likeness (QED) is 0.764. The van der Waals surface area contributed by atoms with E-state index in [-0.39, 0.29) is 17.6 Å². The molecule has 4 heteroatoms. The third-order valence-electron chi connectivity index (χ3n) is 5.16. The van der Waals surface area contributed by atoms with Crippen LogP contribution in [-0.4, -0.2) is 17.6 Å². The van der Waals surface area contributed by atoms with Gasteiger partial charge in [0.2, 0.25) is 0 Å². The van der Waals surface area contributed by atoms with E-state index in [4.69, 9.17) is 9.47 Å². The highest BCUT2D eigenvalue weighted by molar-refractivity contribution is 5.81. The molecule has 2 aromatic rings. The van der Waals surface area contributed by atoms with E-state index in [0.717, 1.165) is 28.2 Å². The van der Waals surface area contributed by atoms with Crippen molar-refractivity contribution in [1.29, 1.82) is 0 Å². The molecule has 1 aliphatic rings. The molecule has 0 fully saturated rings. The van der Waals surface area contributed by atoms with Gasteiger partial charge in [0.05, 0.1) is 6.04 Å². The third kappa shape index (κ3) is 4.49. The Bertz CT molecular complexity index is 857. The zero-order chi connectivity index (χ0) is 20.5. The SMILES string of the molecule is Cc1ccc2c(c1)OC(C)(C)C[C@@H]2NC(=O)[C@@H](C)Oc1ccccc1C(C)C. The molecule has 3 rings (SSSR count). The summed E-state index contributed by atoms with van der Waals surface area (Å²) in [5.41, 5.74) is 2.93. The van der Waals surface area contributed by atoms with Gasteiger partial charge in [-0.3, -0.25) is 4.79 Å². The maximum absolute atomic E-state index is 12.9. The van der Waals surface area contributed by atoms with E-state index in [1.54, 1.807) is 6.92 Å². The van der Waals surface area contributed by atoms with Gasteiger partial charge >= 0.3 is 0 Å². The van der Waals surface area contributed by atoms with E-state index < -0.39 is 6.10 Å². The van der Waals surface area contributed by atoms with Crippen LogP contribution in [0.25, 0.3) is 0 Å². The van der Waals surface area contributed by atoms with Gasteiger partial charge in [-0.1, -0.05) is 44.2 Å². The maximum atomic E-state index is 12.9. The van der Waals surface area contributed by atoms with Crippen LogP contribution in [0, 0.1) is 6.92 Å². The van der Waals surface area contributed by atoms with E-state index in [2.05, 4.69) is 39.1 Å². The Balaban J connectivity index is 1.76. The van der Waals surface area contributed by atoms with Crippen LogP contribution in [0.2, 0.25) is 0 Å². The minimum absolute atomic E-state index is 0.0988. The second kappa shape index (κ2) is 7.86. The monoisotopic (exact) mass is 381 g/mol. The summed E-state index contributed by atoms with van der Waals surface area (Å²) in [4.78, 5) is 12.9. The van der Waals surface area contributed by atoms with Crippen molar-refractivity contribution in [1.82, 2.24) is 5.32 Å². The molecule has 0 bridgehead atoms. The van der Waals surface area contributed by atoms with Crippen molar-refractivity contribution in [2.45, 2.75) is 71.6 Å². The highest BCUT2D eigenvalue weighted by Gasteiger charge is 2.35. The first kappa shape index (κ1) is 20.2. The smallest absolute Gasteiger partial charge is 0.261 e. The van der Waals surface area contributed by atoms with Crippen molar-refractivity contribution in [3.63, 3.8) is 0 Å². The van der Waals surface area contributed by atoms with Crippen LogP contribution in [0.1, 0.15) is 69.7 Å². The number of nitrogens with one attached hydrogen (secondary N) is 1. The van der Waals surface area contributed by atoms with Crippen molar-refractivity contribution < 1.29 is 14.3 Å². The number of rotatable bonds is 5. The molecular formula is C24H31NO3. The van der Waals surface area contributed by atoms with Gasteiger partial charge in [-0.05, 0) is 56.9 Å². The Morgan fingerprint density at radius 1 is 1.18 bits per heavy atom. The number of hydrogen-bond donors (Lipinski definition) is 1. The molecule has 28 heavy (non-hydrogen) atoms. The fourth-order valence-corrected chi connectivity index (χ4v) is 3.69. The van der Waals surface area contributed by atoms with Crippen LogP contribution in [0.5, 0.6) is 11.5 Å². The number of para-hydroxylation sites is 1. The van der Waals surface area contributed by atoms with E-state index >= 15 is 0 Å². The zero-order valence-corrected chi connectivity index (χ0v) is 17.7. The number of carbonyl (C=O) groups excluding carboxylic acids is 1. The maximum Gasteiger partial charge on any atom is 0.261 e. The van der Waals surface area contributed by atoms with Crippen LogP contribution in [0.15, 0.2) is 42.5 Å². The van der Waals surface area contributed by atoms with E-state index in [9.17, 15) is 4.79 Å². The van der Waals surface area contributed by atoms with Crippen LogP contribution in [-0.2, 0) is 4.79 Å². The predicted molar refractivity (Wildman–Crippen MR) is 112 cm³/mol. The number of benzene rings is 2. The number of carbonyl (C=O) groups is 1. The molecule has 1 heterocycles. The number of ether oxygens (including phenoxy) is 2. The molecule has 150 valence electrons. The average molecular weight is 382 g/mol. The average Bonchev–Trinajstić information content (AvgIpc) is 2.60. The van der Waals surface area contributed by atoms with Gasteiger partial charge in [-0.25, -0.2) is 0 Å². The van der Waals surface area contributed by atoms with Gasteiger partial charge in [0.15, 0.2) is 6.10 Å². The summed E-state index contributed by atoms with van der Waals surface area (Å²) < 4.78 is 12.2. The van der Waals surface area contributed by atoms with Crippen molar-refractivity contribution >= 4 is 5.91 Å². The Kier molecular flexibility index (Phi) is 5.69. The first-order valence-corrected chi connectivity index (χ1v) is 10.0. The second-order valence-electron chi connectivity index (χ2n) is 8.62. The minimum atomic E-state index is -0.584. The largest absolute Gasteiger partial charge is 0.487 e. The molecule has 1 aliphatic heterocycles. The van der Waals surface area contributed by atoms with Crippen molar-refractivity contribution in [2.24, 2.45) is 0 Å². The fraction of sp³-hybridized carbons (Fsp3) is 0.458. The molecule has 0 radical (unpaired) electrons. The summed E-state index contributed by atoms with van der Waals surface area (Å²) in [6.45, 7) is 12.2. The lowest BCUT2D eigenvalue weighted by Gasteiger charge is -2.38. The lowest BCUT2D eigenvalue weighted by Crippen LogP contribution is -2.44. The Morgan fingerprint density at radius 3 is 2.61 bits per heavy atom. The summed E-state index contributed by atoms with van der Waals surface area (Å²) in [6.07, 6.45) is 0.129. The van der Waals surface area contributed by atoms with Gasteiger partial charge in [0.25, 0.3) is 5.91 Å². The number of hydrogen-bond acceptors (Lipinski definition) is 3. The molecule has 0 aromatic heterocycles. The molecule has 0 unspecified atom stereocenters. The van der Waals surface area contributed by atoms with Gasteiger partial charge in [0.1, 0.15) is 17.1 Å². The predicted octanol–water partition coefficient (Wildman–Crippen LogP) is 5.30. The van der Waals surface area contributed by atoms with E-state index in [0.29, 0.717) is 12.3 Å². The van der Waals surface area contributed by atoms with Gasteiger partial charge in [-0.2, -0.15) is 0 Å². The molecule has 0 aliphatic carbocycles. The first-order valence-electron chi connectivity index (χ1n) is 10.0. The van der Waals surface area contributed by atoms with E-state index in [1.165, 1.54) is 0 Å². The van der Waals surface area contributed by atoms with Crippen LogP contribution >= 0.6 is 0 Å². The third-order valence-corrected chi connectivity index (χ3v) is 5.16. The van der Waals surface area contributed by atoms with Crippen molar-refractivity contribution in [3.8, 4) is 11.5 Å². The summed E-state index contributed by atoms with van der Waals surface area (Å²) >= 11 is 0. The zero-order valence-electron chi connectivity index (χ0n) is 17.7. The van der Waals surface area contributed by atoms with Crippen LogP contribution < -0.4 is 14.8 Å². The second-order valence-corrected chi connectivity index (χ2v) is 8.62. The topological polar surface area (TPSA) is 47.6 Å². The molecule has 2 atom stereocenters. The molecule has 1 N–H and O–H groups in total. The fourth-order valence-electron chi connectivity index (χ4n) is 3.69. The van der Waals surface area contributed by atoms with Gasteiger partial charge < -0.3 is 14.8 Å². The molecule has 1 amide bonds. The number of amides is 1. The van der Waals surface area contributed by atoms with Gasteiger partial charge in [0, 0.05) is 12.0 Å². The Hall–Kier alpha value is -2.49. The summed E-state index contributed by atoms with van der Waals surface area (Å²) in [6, 6.07) is 13.9. The van der Waals surface area contributed by atoms with Crippen molar-refractivity contribution in [2.75, 3.05) is 0 Å². The van der Waals surface area contributed by atoms with Crippen LogP contribution in [0.4, 0.5) is 0 Å². The molecule has 0 spiro atoms. The molecule has 0 saturated carbocycles. The summed E-state index contributed by atoms with van der Waals surface area (Å²) in [5.74, 6) is 1.83. The van der Waals surface area contributed by atoms with E-state index in [1.807, 2.05) is 43.3 Å².